The highest BCUT2D eigenvalue weighted by molar-refractivity contribution is 6.02. The summed E-state index contributed by atoms with van der Waals surface area (Å²) in [7, 11) is 0. The summed E-state index contributed by atoms with van der Waals surface area (Å²) >= 11 is 0. The number of anilines is 1. The number of nitrogens with one attached hydrogen (secondary N) is 1. The summed E-state index contributed by atoms with van der Waals surface area (Å²) in [5.41, 5.74) is 1.71. The van der Waals surface area contributed by atoms with Crippen LogP contribution in [0.4, 0.5) is 5.69 Å². The van der Waals surface area contributed by atoms with E-state index in [1.807, 2.05) is 25.1 Å². The molecule has 0 aliphatic carbocycles. The Labute approximate surface area is 131 Å². The van der Waals surface area contributed by atoms with Gasteiger partial charge < -0.3 is 10.1 Å². The van der Waals surface area contributed by atoms with Crippen molar-refractivity contribution in [2.24, 2.45) is 0 Å². The molecule has 1 aliphatic rings. The van der Waals surface area contributed by atoms with Gasteiger partial charge in [-0.1, -0.05) is 32.3 Å². The van der Waals surface area contributed by atoms with E-state index >= 15 is 0 Å². The lowest BCUT2D eigenvalue weighted by Gasteiger charge is -2.29. The van der Waals surface area contributed by atoms with E-state index in [4.69, 9.17) is 4.74 Å². The Balaban J connectivity index is 1.93. The second kappa shape index (κ2) is 7.82. The zero-order valence-corrected chi connectivity index (χ0v) is 13.4. The number of unbranched alkanes of at least 4 members (excludes halogenated alkanes) is 3. The molecule has 0 radical (unpaired) electrons. The number of carbonyl (C=O) groups is 2. The third kappa shape index (κ3) is 4.23. The van der Waals surface area contributed by atoms with Crippen LogP contribution in [0, 0.1) is 6.92 Å². The molecular weight excluding hydrogens is 280 g/mol. The van der Waals surface area contributed by atoms with Crippen LogP contribution < -0.4 is 15.0 Å². The van der Waals surface area contributed by atoms with Gasteiger partial charge in [0, 0.05) is 6.54 Å². The predicted molar refractivity (Wildman–Crippen MR) is 86.2 cm³/mol. The van der Waals surface area contributed by atoms with Gasteiger partial charge in [-0.2, -0.15) is 0 Å². The summed E-state index contributed by atoms with van der Waals surface area (Å²) in [6.45, 7) is 4.80. The Morgan fingerprint density at radius 3 is 2.91 bits per heavy atom. The van der Waals surface area contributed by atoms with Crippen LogP contribution in [0.1, 0.15) is 38.2 Å². The number of fused-ring (bicyclic) bond motifs is 1. The molecule has 1 aliphatic heterocycles. The zero-order chi connectivity index (χ0) is 15.9. The third-order valence-corrected chi connectivity index (χ3v) is 3.71. The van der Waals surface area contributed by atoms with Crippen molar-refractivity contribution in [1.29, 1.82) is 0 Å². The fraction of sp³-hybridized carbons (Fsp3) is 0.529. The van der Waals surface area contributed by atoms with Crippen molar-refractivity contribution in [1.82, 2.24) is 5.32 Å². The Morgan fingerprint density at radius 2 is 2.14 bits per heavy atom. The van der Waals surface area contributed by atoms with Gasteiger partial charge in [-0.15, -0.1) is 0 Å². The first-order valence-electron chi connectivity index (χ1n) is 7.92. The highest BCUT2D eigenvalue weighted by Gasteiger charge is 2.27. The van der Waals surface area contributed by atoms with E-state index in [0.29, 0.717) is 18.0 Å². The molecular formula is C17H24N2O3. The molecule has 2 rings (SSSR count). The summed E-state index contributed by atoms with van der Waals surface area (Å²) in [4.78, 5) is 25.6. The molecule has 0 unspecified atom stereocenters. The Kier molecular flexibility index (Phi) is 5.81. The Hall–Kier alpha value is -2.04. The van der Waals surface area contributed by atoms with Crippen molar-refractivity contribution in [2.75, 3.05) is 24.6 Å². The molecule has 5 nitrogen and oxygen atoms in total. The molecule has 0 bridgehead atoms. The maximum absolute atomic E-state index is 12.0. The van der Waals surface area contributed by atoms with Gasteiger partial charge in [0.05, 0.1) is 5.69 Å². The SMILES string of the molecule is CCCCCCNC(=O)CN1C(=O)COc2ccc(C)cc21. The normalized spacial score (nSPS) is 13.5. The van der Waals surface area contributed by atoms with E-state index in [1.54, 1.807) is 0 Å². The Morgan fingerprint density at radius 1 is 1.32 bits per heavy atom. The largest absolute Gasteiger partial charge is 0.482 e. The monoisotopic (exact) mass is 304 g/mol. The summed E-state index contributed by atoms with van der Waals surface area (Å²) in [5.74, 6) is 0.347. The van der Waals surface area contributed by atoms with Gasteiger partial charge in [0.25, 0.3) is 5.91 Å². The molecule has 1 aromatic carbocycles. The van der Waals surface area contributed by atoms with Crippen molar-refractivity contribution in [2.45, 2.75) is 39.5 Å². The van der Waals surface area contributed by atoms with E-state index in [2.05, 4.69) is 12.2 Å². The van der Waals surface area contributed by atoms with Gasteiger partial charge in [-0.05, 0) is 31.0 Å². The fourth-order valence-corrected chi connectivity index (χ4v) is 2.46. The number of amides is 2. The maximum Gasteiger partial charge on any atom is 0.265 e. The van der Waals surface area contributed by atoms with Crippen LogP contribution in [0.3, 0.4) is 0 Å². The molecule has 0 aromatic heterocycles. The summed E-state index contributed by atoms with van der Waals surface area (Å²) in [6, 6.07) is 5.65. The van der Waals surface area contributed by atoms with E-state index in [1.165, 1.54) is 17.7 Å². The zero-order valence-electron chi connectivity index (χ0n) is 13.4. The first kappa shape index (κ1) is 16.3. The third-order valence-electron chi connectivity index (χ3n) is 3.71. The van der Waals surface area contributed by atoms with Crippen molar-refractivity contribution in [3.63, 3.8) is 0 Å². The van der Waals surface area contributed by atoms with E-state index < -0.39 is 0 Å². The molecule has 0 fully saturated rings. The standard InChI is InChI=1S/C17H24N2O3/c1-3-4-5-6-9-18-16(20)11-19-14-10-13(2)7-8-15(14)22-12-17(19)21/h7-8,10H,3-6,9,11-12H2,1-2H3,(H,18,20). The molecule has 5 heteroatoms. The van der Waals surface area contributed by atoms with Crippen molar-refractivity contribution in [3.8, 4) is 5.75 Å². The smallest absolute Gasteiger partial charge is 0.265 e. The number of hydrogen-bond donors (Lipinski definition) is 1. The minimum absolute atomic E-state index is 0.0140. The molecule has 0 spiro atoms. The van der Waals surface area contributed by atoms with Gasteiger partial charge in [-0.25, -0.2) is 0 Å². The summed E-state index contributed by atoms with van der Waals surface area (Å²) < 4.78 is 5.41. The first-order valence-corrected chi connectivity index (χ1v) is 7.92. The van der Waals surface area contributed by atoms with Crippen molar-refractivity contribution >= 4 is 17.5 Å². The number of rotatable bonds is 7. The van der Waals surface area contributed by atoms with Gasteiger partial charge in [0.15, 0.2) is 6.61 Å². The van der Waals surface area contributed by atoms with Crippen LogP contribution in [0.2, 0.25) is 0 Å². The lowest BCUT2D eigenvalue weighted by atomic mass is 10.1. The van der Waals surface area contributed by atoms with Gasteiger partial charge >= 0.3 is 0 Å². The average molecular weight is 304 g/mol. The van der Waals surface area contributed by atoms with Crippen LogP contribution in [0.15, 0.2) is 18.2 Å². The molecule has 2 amide bonds. The van der Waals surface area contributed by atoms with Crippen LogP contribution >= 0.6 is 0 Å². The minimum atomic E-state index is -0.181. The second-order valence-corrected chi connectivity index (χ2v) is 5.65. The molecule has 0 atom stereocenters. The topological polar surface area (TPSA) is 58.6 Å². The molecule has 0 saturated carbocycles. The fourth-order valence-electron chi connectivity index (χ4n) is 2.46. The lowest BCUT2D eigenvalue weighted by Crippen LogP contribution is -2.45. The van der Waals surface area contributed by atoms with Crippen LogP contribution in [-0.4, -0.2) is 31.5 Å². The number of aryl methyl sites for hydroxylation is 1. The number of ether oxygens (including phenoxy) is 1. The van der Waals surface area contributed by atoms with E-state index in [0.717, 1.165) is 18.4 Å². The van der Waals surface area contributed by atoms with Gasteiger partial charge in [0.2, 0.25) is 5.91 Å². The molecule has 1 heterocycles. The number of hydrogen-bond acceptors (Lipinski definition) is 3. The highest BCUT2D eigenvalue weighted by atomic mass is 16.5. The van der Waals surface area contributed by atoms with Crippen LogP contribution in [0.25, 0.3) is 0 Å². The molecule has 120 valence electrons. The molecule has 0 saturated heterocycles. The molecule has 1 N–H and O–H groups in total. The van der Waals surface area contributed by atoms with E-state index in [-0.39, 0.29) is 25.0 Å². The minimum Gasteiger partial charge on any atom is -0.482 e. The highest BCUT2D eigenvalue weighted by Crippen LogP contribution is 2.32. The van der Waals surface area contributed by atoms with E-state index in [9.17, 15) is 9.59 Å². The Bertz CT molecular complexity index is 543. The van der Waals surface area contributed by atoms with Crippen LogP contribution in [0.5, 0.6) is 5.75 Å². The van der Waals surface area contributed by atoms with Crippen molar-refractivity contribution in [3.05, 3.63) is 23.8 Å². The number of benzene rings is 1. The number of carbonyl (C=O) groups excluding carboxylic acids is 2. The predicted octanol–water partition coefficient (Wildman–Crippen LogP) is 2.42. The summed E-state index contributed by atoms with van der Waals surface area (Å²) in [6.07, 6.45) is 4.46. The second-order valence-electron chi connectivity index (χ2n) is 5.65. The first-order chi connectivity index (χ1) is 10.6. The average Bonchev–Trinajstić information content (AvgIpc) is 2.50. The van der Waals surface area contributed by atoms with Gasteiger partial charge in [0.1, 0.15) is 12.3 Å². The molecule has 22 heavy (non-hydrogen) atoms. The lowest BCUT2D eigenvalue weighted by molar-refractivity contribution is -0.125. The van der Waals surface area contributed by atoms with Crippen LogP contribution in [-0.2, 0) is 9.59 Å². The maximum atomic E-state index is 12.0. The quantitative estimate of drug-likeness (QED) is 0.787. The summed E-state index contributed by atoms with van der Waals surface area (Å²) in [5, 5.41) is 2.88. The number of nitrogens with zero attached hydrogens (tertiary/aromatic N) is 1. The molecule has 1 aromatic rings. The van der Waals surface area contributed by atoms with Crippen molar-refractivity contribution < 1.29 is 14.3 Å². The van der Waals surface area contributed by atoms with Gasteiger partial charge in [-0.3, -0.25) is 14.5 Å².